The fraction of sp³-hybridized carbons (Fsp3) is 0.0400. The first kappa shape index (κ1) is 23.2. The van der Waals surface area contributed by atoms with E-state index < -0.39 is 26.0 Å². The van der Waals surface area contributed by atoms with E-state index in [0.29, 0.717) is 15.1 Å². The number of halogens is 2. The van der Waals surface area contributed by atoms with Crippen LogP contribution in [0.4, 0.5) is 0 Å². The van der Waals surface area contributed by atoms with Crippen molar-refractivity contribution in [2.45, 2.75) is 11.8 Å². The Balaban J connectivity index is 1.95. The highest BCUT2D eigenvalue weighted by molar-refractivity contribution is 9.10. The molecule has 0 radical (unpaired) electrons. The van der Waals surface area contributed by atoms with Crippen molar-refractivity contribution < 1.29 is 17.6 Å². The molecule has 0 amide bonds. The minimum atomic E-state index is -4.29. The van der Waals surface area contributed by atoms with Gasteiger partial charge in [-0.25, -0.2) is 8.42 Å². The molecular formula is C25H16BrClO5S. The van der Waals surface area contributed by atoms with E-state index in [1.165, 1.54) is 24.3 Å². The van der Waals surface area contributed by atoms with Gasteiger partial charge < -0.3 is 4.42 Å². The maximum atomic E-state index is 13.5. The lowest BCUT2D eigenvalue weighted by Crippen LogP contribution is -2.16. The summed E-state index contributed by atoms with van der Waals surface area (Å²) < 4.78 is 33.2. The normalized spacial score (nSPS) is 12.2. The molecule has 3 aromatic carbocycles. The van der Waals surface area contributed by atoms with E-state index in [1.807, 2.05) is 6.92 Å². The van der Waals surface area contributed by atoms with Gasteiger partial charge in [-0.15, -0.1) is 0 Å². The number of hydrogen-bond acceptors (Lipinski definition) is 5. The van der Waals surface area contributed by atoms with Crippen molar-refractivity contribution in [3.63, 3.8) is 0 Å². The quantitative estimate of drug-likeness (QED) is 0.221. The molecule has 0 aliphatic rings. The van der Waals surface area contributed by atoms with Crippen LogP contribution in [0.3, 0.4) is 0 Å². The Bertz CT molecular complexity index is 1570. The van der Waals surface area contributed by atoms with Gasteiger partial charge in [0.2, 0.25) is 15.6 Å². The Hall–Kier alpha value is -3.00. The highest BCUT2D eigenvalue weighted by Gasteiger charge is 2.28. The topological polar surface area (TPSA) is 81.4 Å². The summed E-state index contributed by atoms with van der Waals surface area (Å²) in [6, 6.07) is 16.9. The molecule has 8 heteroatoms. The molecule has 0 unspecified atom stereocenters. The molecule has 1 heterocycles. The zero-order valence-corrected chi connectivity index (χ0v) is 20.4. The summed E-state index contributed by atoms with van der Waals surface area (Å²) in [7, 11) is -4.29. The Morgan fingerprint density at radius 2 is 1.67 bits per heavy atom. The number of aryl methyl sites for hydroxylation is 1. The second-order valence-corrected chi connectivity index (χ2v) is 10.6. The van der Waals surface area contributed by atoms with Crippen molar-refractivity contribution in [3.05, 3.63) is 114 Å². The van der Waals surface area contributed by atoms with E-state index in [9.17, 15) is 18.0 Å². The maximum Gasteiger partial charge on any atom is 0.210 e. The Morgan fingerprint density at radius 1 is 1.00 bits per heavy atom. The Morgan fingerprint density at radius 3 is 2.33 bits per heavy atom. The SMILES string of the molecule is Cc1ccc(C(=O)/C(=C/c2coc3ccc(Br)cc3c2=O)S(=O)(=O)c2ccc(Cl)cc2)cc1. The molecule has 0 spiro atoms. The first-order valence-corrected chi connectivity index (χ1v) is 12.4. The number of benzene rings is 3. The van der Waals surface area contributed by atoms with Crippen molar-refractivity contribution in [1.82, 2.24) is 0 Å². The third-order valence-corrected chi connectivity index (χ3v) is 7.52. The molecule has 5 nitrogen and oxygen atoms in total. The summed E-state index contributed by atoms with van der Waals surface area (Å²) in [6.07, 6.45) is 2.22. The lowest BCUT2D eigenvalue weighted by atomic mass is 10.1. The van der Waals surface area contributed by atoms with Crippen molar-refractivity contribution in [2.75, 3.05) is 0 Å². The van der Waals surface area contributed by atoms with Crippen LogP contribution in [-0.2, 0) is 9.84 Å². The predicted octanol–water partition coefficient (Wildman–Crippen LogP) is 6.22. The number of carbonyl (C=O) groups is 1. The van der Waals surface area contributed by atoms with Gasteiger partial charge in [-0.2, -0.15) is 0 Å². The monoisotopic (exact) mass is 542 g/mol. The van der Waals surface area contributed by atoms with Crippen molar-refractivity contribution in [3.8, 4) is 0 Å². The number of carbonyl (C=O) groups excluding carboxylic acids is 1. The number of fused-ring (bicyclic) bond motifs is 1. The van der Waals surface area contributed by atoms with E-state index in [1.54, 1.807) is 42.5 Å². The summed E-state index contributed by atoms with van der Waals surface area (Å²) in [5.74, 6) is -0.737. The number of hydrogen-bond donors (Lipinski definition) is 0. The third-order valence-electron chi connectivity index (χ3n) is 5.00. The van der Waals surface area contributed by atoms with Crippen LogP contribution < -0.4 is 5.43 Å². The van der Waals surface area contributed by atoms with E-state index in [4.69, 9.17) is 16.0 Å². The molecule has 1 aromatic heterocycles. The number of rotatable bonds is 5. The fourth-order valence-corrected chi connectivity index (χ4v) is 5.09. The van der Waals surface area contributed by atoms with Gasteiger partial charge in [0.05, 0.1) is 15.8 Å². The van der Waals surface area contributed by atoms with Crippen LogP contribution in [0.5, 0.6) is 0 Å². The predicted molar refractivity (Wildman–Crippen MR) is 132 cm³/mol. The maximum absolute atomic E-state index is 13.5. The zero-order chi connectivity index (χ0) is 23.8. The van der Waals surface area contributed by atoms with Crippen molar-refractivity contribution in [1.29, 1.82) is 0 Å². The molecule has 0 saturated carbocycles. The molecular weight excluding hydrogens is 528 g/mol. The Labute approximate surface area is 203 Å². The first-order valence-electron chi connectivity index (χ1n) is 9.71. The smallest absolute Gasteiger partial charge is 0.210 e. The number of sulfone groups is 1. The second kappa shape index (κ2) is 9.09. The van der Waals surface area contributed by atoms with Crippen LogP contribution in [0.15, 0.2) is 96.5 Å². The number of allylic oxidation sites excluding steroid dienone is 1. The molecule has 0 aliphatic carbocycles. The summed E-state index contributed by atoms with van der Waals surface area (Å²) in [5.41, 5.74) is 0.912. The first-order chi connectivity index (χ1) is 15.7. The molecule has 0 N–H and O–H groups in total. The summed E-state index contributed by atoms with van der Waals surface area (Å²) >= 11 is 9.21. The van der Waals surface area contributed by atoms with Crippen LogP contribution in [0.2, 0.25) is 5.02 Å². The summed E-state index contributed by atoms with van der Waals surface area (Å²) in [6.45, 7) is 1.86. The van der Waals surface area contributed by atoms with Gasteiger partial charge in [0, 0.05) is 15.1 Å². The largest absolute Gasteiger partial charge is 0.463 e. The lowest BCUT2D eigenvalue weighted by Gasteiger charge is -2.10. The van der Waals surface area contributed by atoms with Gasteiger partial charge in [-0.1, -0.05) is 57.4 Å². The van der Waals surface area contributed by atoms with Crippen LogP contribution in [-0.4, -0.2) is 14.2 Å². The molecule has 4 aromatic rings. The molecule has 0 saturated heterocycles. The second-order valence-electron chi connectivity index (χ2n) is 7.32. The van der Waals surface area contributed by atoms with Gasteiger partial charge in [-0.3, -0.25) is 9.59 Å². The van der Waals surface area contributed by atoms with Gasteiger partial charge >= 0.3 is 0 Å². The molecule has 166 valence electrons. The van der Waals surface area contributed by atoms with Gasteiger partial charge in [0.15, 0.2) is 5.43 Å². The summed E-state index contributed by atoms with van der Waals surface area (Å²) in [5, 5.41) is 0.606. The van der Waals surface area contributed by atoms with Gasteiger partial charge in [0.1, 0.15) is 16.8 Å². The zero-order valence-electron chi connectivity index (χ0n) is 17.2. The minimum Gasteiger partial charge on any atom is -0.463 e. The standard InChI is InChI=1S/C25H16BrClO5S/c1-15-2-4-16(5-3-15)25(29)23(33(30,31)20-9-7-19(27)8-10-20)12-17-14-32-22-11-6-18(26)13-21(22)24(17)28/h2-14H,1H3/b23-12-. The third kappa shape index (κ3) is 4.71. The van der Waals surface area contributed by atoms with Gasteiger partial charge in [-0.05, 0) is 55.5 Å². The highest BCUT2D eigenvalue weighted by Crippen LogP contribution is 2.27. The number of Topliss-reactive ketones (excluding diaryl/α,β-unsaturated/α-hetero) is 1. The summed E-state index contributed by atoms with van der Waals surface area (Å²) in [4.78, 5) is 25.8. The molecule has 0 atom stereocenters. The minimum absolute atomic E-state index is 0.0615. The average molecular weight is 544 g/mol. The van der Waals surface area contributed by atoms with E-state index in [2.05, 4.69) is 15.9 Å². The average Bonchev–Trinajstić information content (AvgIpc) is 2.79. The fourth-order valence-electron chi connectivity index (χ4n) is 3.21. The van der Waals surface area contributed by atoms with Crippen molar-refractivity contribution >= 4 is 60.2 Å². The highest BCUT2D eigenvalue weighted by atomic mass is 79.9. The van der Waals surface area contributed by atoms with E-state index >= 15 is 0 Å². The molecule has 0 bridgehead atoms. The molecule has 4 rings (SSSR count). The van der Waals surface area contributed by atoms with Crippen LogP contribution in [0, 0.1) is 6.92 Å². The van der Waals surface area contributed by atoms with Crippen LogP contribution in [0.25, 0.3) is 17.0 Å². The Kier molecular flexibility index (Phi) is 6.38. The number of ketones is 1. The van der Waals surface area contributed by atoms with Crippen LogP contribution >= 0.6 is 27.5 Å². The van der Waals surface area contributed by atoms with Crippen LogP contribution in [0.1, 0.15) is 21.5 Å². The molecule has 0 fully saturated rings. The van der Waals surface area contributed by atoms with Crippen molar-refractivity contribution in [2.24, 2.45) is 0 Å². The van der Waals surface area contributed by atoms with E-state index in [-0.39, 0.29) is 21.4 Å². The molecule has 0 aliphatic heterocycles. The lowest BCUT2D eigenvalue weighted by molar-refractivity contribution is 0.104. The molecule has 33 heavy (non-hydrogen) atoms. The van der Waals surface area contributed by atoms with E-state index in [0.717, 1.165) is 17.9 Å². The van der Waals surface area contributed by atoms with Gasteiger partial charge in [0.25, 0.3) is 0 Å².